The van der Waals surface area contributed by atoms with E-state index in [2.05, 4.69) is 5.32 Å². The molecule has 1 aliphatic carbocycles. The van der Waals surface area contributed by atoms with E-state index < -0.39 is 5.97 Å². The summed E-state index contributed by atoms with van der Waals surface area (Å²) >= 11 is 0. The third-order valence-electron chi connectivity index (χ3n) is 2.81. The summed E-state index contributed by atoms with van der Waals surface area (Å²) in [5.74, 6) is -0.810. The Balaban J connectivity index is 2.16. The fraction of sp³-hybridized carbons (Fsp3) is 0.750. The van der Waals surface area contributed by atoms with Gasteiger partial charge in [0.05, 0.1) is 12.5 Å². The molecule has 0 unspecified atom stereocenters. The van der Waals surface area contributed by atoms with Gasteiger partial charge in [0.15, 0.2) is 0 Å². The minimum atomic E-state index is -0.810. The van der Waals surface area contributed by atoms with Crippen LogP contribution in [0, 0.1) is 11.3 Å². The number of hydrogen-bond acceptors (Lipinski definition) is 3. The Kier molecular flexibility index (Phi) is 5.98. The summed E-state index contributed by atoms with van der Waals surface area (Å²) in [5, 5.41) is 19.8. The van der Waals surface area contributed by atoms with Crippen LogP contribution in [-0.2, 0) is 4.79 Å². The standard InChI is InChI=1S/C12H19N3O3/c13-7-3-9-15(10-5-6-10)12(18)14-8-2-1-4-11(16)17/h10H,1-6,8-9H2,(H,14,18)(H,16,17). The van der Waals surface area contributed by atoms with Crippen LogP contribution in [0.3, 0.4) is 0 Å². The van der Waals surface area contributed by atoms with Crippen LogP contribution < -0.4 is 5.32 Å². The quantitative estimate of drug-likeness (QED) is 0.638. The molecule has 18 heavy (non-hydrogen) atoms. The van der Waals surface area contributed by atoms with Crippen LogP contribution in [-0.4, -0.2) is 41.1 Å². The summed E-state index contributed by atoms with van der Waals surface area (Å²) in [4.78, 5) is 23.8. The van der Waals surface area contributed by atoms with Crippen LogP contribution >= 0.6 is 0 Å². The van der Waals surface area contributed by atoms with E-state index in [4.69, 9.17) is 10.4 Å². The molecule has 1 fully saturated rings. The van der Waals surface area contributed by atoms with Gasteiger partial charge in [0.2, 0.25) is 0 Å². The first-order valence-corrected chi connectivity index (χ1v) is 6.28. The molecule has 6 nitrogen and oxygen atoms in total. The molecular formula is C12H19N3O3. The highest BCUT2D eigenvalue weighted by atomic mass is 16.4. The van der Waals surface area contributed by atoms with Crippen molar-refractivity contribution in [1.82, 2.24) is 10.2 Å². The van der Waals surface area contributed by atoms with Gasteiger partial charge in [-0.05, 0) is 25.7 Å². The maximum Gasteiger partial charge on any atom is 0.317 e. The van der Waals surface area contributed by atoms with Crippen molar-refractivity contribution in [3.05, 3.63) is 0 Å². The van der Waals surface area contributed by atoms with Crippen LogP contribution in [0.2, 0.25) is 0 Å². The van der Waals surface area contributed by atoms with Gasteiger partial charge in [-0.2, -0.15) is 5.26 Å². The first kappa shape index (κ1) is 14.3. The molecule has 0 aromatic heterocycles. The van der Waals surface area contributed by atoms with Gasteiger partial charge in [-0.3, -0.25) is 4.79 Å². The molecule has 0 bridgehead atoms. The minimum absolute atomic E-state index is 0.136. The fourth-order valence-corrected chi connectivity index (χ4v) is 1.70. The molecule has 1 saturated carbocycles. The zero-order chi connectivity index (χ0) is 13.4. The van der Waals surface area contributed by atoms with Crippen molar-refractivity contribution in [1.29, 1.82) is 5.26 Å². The lowest BCUT2D eigenvalue weighted by Crippen LogP contribution is -2.42. The summed E-state index contributed by atoms with van der Waals surface area (Å²) in [6, 6.07) is 2.19. The molecule has 0 spiro atoms. The molecule has 0 radical (unpaired) electrons. The molecule has 100 valence electrons. The van der Waals surface area contributed by atoms with Crippen molar-refractivity contribution in [2.75, 3.05) is 13.1 Å². The lowest BCUT2D eigenvalue weighted by atomic mass is 10.2. The van der Waals surface area contributed by atoms with E-state index in [1.807, 2.05) is 6.07 Å². The lowest BCUT2D eigenvalue weighted by molar-refractivity contribution is -0.137. The number of nitriles is 1. The molecule has 1 aliphatic rings. The van der Waals surface area contributed by atoms with Gasteiger partial charge in [-0.15, -0.1) is 0 Å². The molecule has 0 aliphatic heterocycles. The average molecular weight is 253 g/mol. The highest BCUT2D eigenvalue weighted by Crippen LogP contribution is 2.26. The number of hydrogen-bond donors (Lipinski definition) is 2. The number of carboxylic acid groups (broad SMARTS) is 1. The number of carbonyl (C=O) groups is 2. The maximum atomic E-state index is 11.8. The number of carbonyl (C=O) groups excluding carboxylic acids is 1. The second-order valence-corrected chi connectivity index (χ2v) is 4.42. The van der Waals surface area contributed by atoms with Crippen LogP contribution in [0.1, 0.15) is 38.5 Å². The molecule has 2 amide bonds. The highest BCUT2D eigenvalue weighted by Gasteiger charge is 2.31. The van der Waals surface area contributed by atoms with Crippen LogP contribution in [0.25, 0.3) is 0 Å². The van der Waals surface area contributed by atoms with Gasteiger partial charge < -0.3 is 15.3 Å². The van der Waals surface area contributed by atoms with Gasteiger partial charge in [0.1, 0.15) is 0 Å². The molecule has 6 heteroatoms. The van der Waals surface area contributed by atoms with Gasteiger partial charge in [0, 0.05) is 25.6 Å². The van der Waals surface area contributed by atoms with E-state index in [0.717, 1.165) is 12.8 Å². The van der Waals surface area contributed by atoms with E-state index in [1.54, 1.807) is 4.90 Å². The maximum absolute atomic E-state index is 11.8. The fourth-order valence-electron chi connectivity index (χ4n) is 1.70. The second-order valence-electron chi connectivity index (χ2n) is 4.42. The predicted octanol–water partition coefficient (Wildman–Crippen LogP) is 1.33. The summed E-state index contributed by atoms with van der Waals surface area (Å²) in [7, 11) is 0. The zero-order valence-electron chi connectivity index (χ0n) is 10.4. The molecule has 0 aromatic carbocycles. The number of carboxylic acids is 1. The SMILES string of the molecule is N#CCCN(C(=O)NCCCCC(=O)O)C1CC1. The van der Waals surface area contributed by atoms with E-state index in [9.17, 15) is 9.59 Å². The van der Waals surface area contributed by atoms with E-state index in [1.165, 1.54) is 0 Å². The molecule has 0 aromatic rings. The Hall–Kier alpha value is -1.77. The first-order chi connectivity index (χ1) is 8.65. The third-order valence-corrected chi connectivity index (χ3v) is 2.81. The molecule has 2 N–H and O–H groups in total. The second kappa shape index (κ2) is 7.54. The largest absolute Gasteiger partial charge is 0.481 e. The first-order valence-electron chi connectivity index (χ1n) is 6.28. The Morgan fingerprint density at radius 2 is 2.11 bits per heavy atom. The van der Waals surface area contributed by atoms with Gasteiger partial charge in [-0.1, -0.05) is 0 Å². The number of urea groups is 1. The van der Waals surface area contributed by atoms with Crippen LogP contribution in [0.4, 0.5) is 4.79 Å². The number of rotatable bonds is 8. The van der Waals surface area contributed by atoms with E-state index in [0.29, 0.717) is 32.4 Å². The van der Waals surface area contributed by atoms with Crippen molar-refractivity contribution in [3.63, 3.8) is 0 Å². The molecule has 1 rings (SSSR count). The number of nitrogens with zero attached hydrogens (tertiary/aromatic N) is 2. The monoisotopic (exact) mass is 253 g/mol. The normalized spacial score (nSPS) is 13.7. The minimum Gasteiger partial charge on any atom is -0.481 e. The molecule has 0 heterocycles. The van der Waals surface area contributed by atoms with Gasteiger partial charge >= 0.3 is 12.0 Å². The zero-order valence-corrected chi connectivity index (χ0v) is 10.4. The van der Waals surface area contributed by atoms with Gasteiger partial charge in [-0.25, -0.2) is 4.79 Å². The predicted molar refractivity (Wildman–Crippen MR) is 64.8 cm³/mol. The van der Waals surface area contributed by atoms with E-state index >= 15 is 0 Å². The van der Waals surface area contributed by atoms with Gasteiger partial charge in [0.25, 0.3) is 0 Å². The van der Waals surface area contributed by atoms with Crippen molar-refractivity contribution in [3.8, 4) is 6.07 Å². The Bertz CT molecular complexity index is 334. The Labute approximate surface area is 107 Å². The molecule has 0 atom stereocenters. The highest BCUT2D eigenvalue weighted by molar-refractivity contribution is 5.74. The van der Waals surface area contributed by atoms with Crippen molar-refractivity contribution in [2.45, 2.75) is 44.6 Å². The average Bonchev–Trinajstić information content (AvgIpc) is 3.13. The van der Waals surface area contributed by atoms with E-state index in [-0.39, 0.29) is 18.5 Å². The van der Waals surface area contributed by atoms with Crippen molar-refractivity contribution < 1.29 is 14.7 Å². The van der Waals surface area contributed by atoms with Crippen molar-refractivity contribution >= 4 is 12.0 Å². The summed E-state index contributed by atoms with van der Waals surface area (Å²) in [5.41, 5.74) is 0. The Morgan fingerprint density at radius 1 is 1.39 bits per heavy atom. The topological polar surface area (TPSA) is 93.4 Å². The lowest BCUT2D eigenvalue weighted by Gasteiger charge is -2.21. The number of nitrogens with one attached hydrogen (secondary N) is 1. The smallest absolute Gasteiger partial charge is 0.317 e. The number of amides is 2. The molecule has 0 saturated heterocycles. The van der Waals surface area contributed by atoms with Crippen molar-refractivity contribution in [2.24, 2.45) is 0 Å². The molecular weight excluding hydrogens is 234 g/mol. The number of aliphatic carboxylic acids is 1. The van der Waals surface area contributed by atoms with Crippen LogP contribution in [0.15, 0.2) is 0 Å². The number of unbranched alkanes of at least 4 members (excludes halogenated alkanes) is 1. The Morgan fingerprint density at radius 3 is 2.67 bits per heavy atom. The summed E-state index contributed by atoms with van der Waals surface area (Å²) in [6.07, 6.45) is 3.74. The summed E-state index contributed by atoms with van der Waals surface area (Å²) < 4.78 is 0. The third kappa shape index (κ3) is 5.53. The van der Waals surface area contributed by atoms with Crippen LogP contribution in [0.5, 0.6) is 0 Å². The summed E-state index contributed by atoms with van der Waals surface area (Å²) in [6.45, 7) is 0.962.